The first kappa shape index (κ1) is 22.6. The summed E-state index contributed by atoms with van der Waals surface area (Å²) < 4.78 is 5.87. The largest absolute Gasteiger partial charge is 0.494 e. The van der Waals surface area contributed by atoms with Crippen LogP contribution in [0.5, 0.6) is 5.75 Å². The van der Waals surface area contributed by atoms with E-state index in [9.17, 15) is 20.2 Å². The third-order valence-corrected chi connectivity index (χ3v) is 7.83. The lowest BCUT2D eigenvalue weighted by Gasteiger charge is -2.62. The van der Waals surface area contributed by atoms with E-state index in [1.54, 1.807) is 0 Å². The average Bonchev–Trinajstić information content (AvgIpc) is 2.74. The van der Waals surface area contributed by atoms with Crippen LogP contribution in [-0.4, -0.2) is 36.0 Å². The van der Waals surface area contributed by atoms with Crippen LogP contribution >= 0.6 is 0 Å². The third kappa shape index (κ3) is 4.60. The van der Waals surface area contributed by atoms with E-state index in [1.807, 2.05) is 12.1 Å². The Morgan fingerprint density at radius 3 is 2.34 bits per heavy atom. The summed E-state index contributed by atoms with van der Waals surface area (Å²) in [6.45, 7) is 0.246. The van der Waals surface area contributed by atoms with E-state index in [0.717, 1.165) is 18.3 Å². The van der Waals surface area contributed by atoms with Gasteiger partial charge in [-0.25, -0.2) is 0 Å². The Kier molecular flexibility index (Phi) is 6.68. The van der Waals surface area contributed by atoms with Crippen molar-refractivity contribution in [2.24, 2.45) is 29.4 Å². The molecular formula is C22H31N3O7. The molecule has 1 unspecified atom stereocenters. The molecule has 1 aromatic rings. The predicted octanol–water partition coefficient (Wildman–Crippen LogP) is 3.28. The zero-order valence-corrected chi connectivity index (χ0v) is 18.1. The smallest absolute Gasteiger partial charge is 0.294 e. The van der Waals surface area contributed by atoms with E-state index in [4.69, 9.17) is 10.5 Å². The summed E-state index contributed by atoms with van der Waals surface area (Å²) >= 11 is 0. The maximum Gasteiger partial charge on any atom is 0.294 e. The van der Waals surface area contributed by atoms with E-state index < -0.39 is 22.9 Å². The van der Waals surface area contributed by atoms with Crippen LogP contribution in [0.4, 0.5) is 0 Å². The molecule has 4 aliphatic rings. The molecule has 176 valence electrons. The number of rotatable bonds is 12. The van der Waals surface area contributed by atoms with Gasteiger partial charge in [0, 0.05) is 11.8 Å². The number of hydrogen-bond acceptors (Lipinski definition) is 8. The molecule has 0 radical (unpaired) electrons. The Hall–Kier alpha value is -2.62. The van der Waals surface area contributed by atoms with Crippen molar-refractivity contribution >= 4 is 0 Å². The van der Waals surface area contributed by atoms with Crippen molar-refractivity contribution in [2.45, 2.75) is 56.5 Å². The molecule has 4 aliphatic carbocycles. The molecule has 32 heavy (non-hydrogen) atoms. The van der Waals surface area contributed by atoms with Crippen molar-refractivity contribution in [1.29, 1.82) is 0 Å². The molecule has 4 bridgehead atoms. The Morgan fingerprint density at radius 1 is 1.06 bits per heavy atom. The number of ether oxygens (including phenoxy) is 1. The quantitative estimate of drug-likeness (QED) is 0.379. The molecule has 0 saturated heterocycles. The van der Waals surface area contributed by atoms with Gasteiger partial charge in [0.15, 0.2) is 0 Å². The molecule has 0 spiro atoms. The highest BCUT2D eigenvalue weighted by Crippen LogP contribution is 2.64. The molecule has 0 heterocycles. The van der Waals surface area contributed by atoms with Gasteiger partial charge in [0.05, 0.1) is 6.61 Å². The molecule has 10 nitrogen and oxygen atoms in total. The lowest BCUT2D eigenvalue weighted by atomic mass is 9.43. The maximum atomic E-state index is 10.6. The van der Waals surface area contributed by atoms with Crippen molar-refractivity contribution < 1.29 is 24.6 Å². The van der Waals surface area contributed by atoms with Gasteiger partial charge in [-0.2, -0.15) is 0 Å². The standard InChI is InChI=1S/C22H31N3O7/c23-6-5-22(18-9-15-8-16(11-18)12-19(22)10-15)17-2-1-3-20(13-17)30-7-4-21(32-25(28)29)14-31-24(26)27/h1-3,13,15-16,18-19,21H,4-12,14,23H2. The molecule has 2 N–H and O–H groups in total. The van der Waals surface area contributed by atoms with Crippen LogP contribution < -0.4 is 10.5 Å². The van der Waals surface area contributed by atoms with Crippen LogP contribution in [0.25, 0.3) is 0 Å². The summed E-state index contributed by atoms with van der Waals surface area (Å²) in [6.07, 6.45) is 6.52. The Labute approximate surface area is 186 Å². The Bertz CT molecular complexity index is 805. The minimum atomic E-state index is -1.08. The second-order valence-corrected chi connectivity index (χ2v) is 9.52. The van der Waals surface area contributed by atoms with E-state index in [-0.39, 0.29) is 18.4 Å². The van der Waals surface area contributed by atoms with Crippen LogP contribution in [0.2, 0.25) is 0 Å². The van der Waals surface area contributed by atoms with Crippen LogP contribution in [0.1, 0.15) is 50.5 Å². The molecule has 1 aromatic carbocycles. The van der Waals surface area contributed by atoms with Gasteiger partial charge >= 0.3 is 0 Å². The highest BCUT2D eigenvalue weighted by Gasteiger charge is 2.57. The first-order valence-electron chi connectivity index (χ1n) is 11.4. The Balaban J connectivity index is 1.44. The van der Waals surface area contributed by atoms with Gasteiger partial charge in [-0.15, -0.1) is 20.2 Å². The summed E-state index contributed by atoms with van der Waals surface area (Å²) in [5.41, 5.74) is 7.49. The summed E-state index contributed by atoms with van der Waals surface area (Å²) in [7, 11) is 0. The van der Waals surface area contributed by atoms with E-state index >= 15 is 0 Å². The first-order valence-corrected chi connectivity index (χ1v) is 11.4. The second-order valence-electron chi connectivity index (χ2n) is 9.52. The number of nitrogens with two attached hydrogens (primary N) is 1. The second kappa shape index (κ2) is 9.48. The summed E-state index contributed by atoms with van der Waals surface area (Å²) in [6, 6.07) is 8.14. The maximum absolute atomic E-state index is 10.6. The minimum absolute atomic E-state index is 0.0849. The zero-order chi connectivity index (χ0) is 22.7. The van der Waals surface area contributed by atoms with Crippen LogP contribution in [0, 0.1) is 43.9 Å². The molecule has 0 amide bonds. The third-order valence-electron chi connectivity index (χ3n) is 7.83. The number of nitrogens with zero attached hydrogens (tertiary/aromatic N) is 2. The van der Waals surface area contributed by atoms with E-state index in [1.165, 1.54) is 37.7 Å². The van der Waals surface area contributed by atoms with Crippen molar-refractivity contribution in [1.82, 2.24) is 0 Å². The monoisotopic (exact) mass is 449 g/mol. The van der Waals surface area contributed by atoms with Crippen LogP contribution in [-0.2, 0) is 15.1 Å². The van der Waals surface area contributed by atoms with Crippen molar-refractivity contribution in [3.63, 3.8) is 0 Å². The molecule has 4 saturated carbocycles. The zero-order valence-electron chi connectivity index (χ0n) is 18.1. The molecule has 1 atom stereocenters. The summed E-state index contributed by atoms with van der Waals surface area (Å²) in [4.78, 5) is 29.7. The minimum Gasteiger partial charge on any atom is -0.494 e. The van der Waals surface area contributed by atoms with E-state index in [2.05, 4.69) is 21.8 Å². The number of hydrogen-bond donors (Lipinski definition) is 1. The first-order chi connectivity index (χ1) is 15.4. The van der Waals surface area contributed by atoms with Gasteiger partial charge in [-0.05, 0) is 86.4 Å². The highest BCUT2D eigenvalue weighted by atomic mass is 17.0. The molecule has 0 aliphatic heterocycles. The normalized spacial score (nSPS) is 31.2. The predicted molar refractivity (Wildman–Crippen MR) is 114 cm³/mol. The van der Waals surface area contributed by atoms with Gasteiger partial charge in [0.2, 0.25) is 0 Å². The van der Waals surface area contributed by atoms with Crippen LogP contribution in [0.3, 0.4) is 0 Å². The van der Waals surface area contributed by atoms with Gasteiger partial charge in [-0.1, -0.05) is 12.1 Å². The lowest BCUT2D eigenvalue weighted by molar-refractivity contribution is -0.790. The highest BCUT2D eigenvalue weighted by molar-refractivity contribution is 5.37. The average molecular weight is 450 g/mol. The summed E-state index contributed by atoms with van der Waals surface area (Å²) in [5, 5.41) is 19.0. The van der Waals surface area contributed by atoms with Gasteiger partial charge in [0.1, 0.15) is 18.5 Å². The molecule has 0 aromatic heterocycles. The van der Waals surface area contributed by atoms with Gasteiger partial charge in [0.25, 0.3) is 10.2 Å². The van der Waals surface area contributed by atoms with E-state index in [0.29, 0.717) is 24.1 Å². The molecule has 4 fully saturated rings. The van der Waals surface area contributed by atoms with Gasteiger partial charge < -0.3 is 20.1 Å². The van der Waals surface area contributed by atoms with Gasteiger partial charge in [-0.3, -0.25) is 0 Å². The topological polar surface area (TPSA) is 140 Å². The SMILES string of the molecule is NCCC1(c2cccc(OCCC(CO[N+](=O)[O-])O[N+](=O)[O-])c2)C2CC3CC(C2)CC1C3. The molecule has 10 heteroatoms. The van der Waals surface area contributed by atoms with Crippen molar-refractivity contribution in [2.75, 3.05) is 19.8 Å². The fourth-order valence-electron chi connectivity index (χ4n) is 6.90. The molecule has 5 rings (SSSR count). The van der Waals surface area contributed by atoms with Crippen LogP contribution in [0.15, 0.2) is 24.3 Å². The number of benzene rings is 1. The van der Waals surface area contributed by atoms with Crippen molar-refractivity contribution in [3.8, 4) is 5.75 Å². The fourth-order valence-corrected chi connectivity index (χ4v) is 6.90. The fraction of sp³-hybridized carbons (Fsp3) is 0.727. The molecular weight excluding hydrogens is 418 g/mol. The van der Waals surface area contributed by atoms with Crippen molar-refractivity contribution in [3.05, 3.63) is 50.1 Å². The summed E-state index contributed by atoms with van der Waals surface area (Å²) in [5.74, 6) is 3.73. The Morgan fingerprint density at radius 2 is 1.75 bits per heavy atom. The lowest BCUT2D eigenvalue weighted by Crippen LogP contribution is -2.56.